The number of imide groups is 1. The van der Waals surface area contributed by atoms with Gasteiger partial charge in [0, 0.05) is 36.9 Å². The maximum absolute atomic E-state index is 16.7. The summed E-state index contributed by atoms with van der Waals surface area (Å²) in [4.78, 5) is 42.4. The molecule has 43 heavy (non-hydrogen) atoms. The molecule has 5 N–H and O–H groups in total. The van der Waals surface area contributed by atoms with Crippen molar-refractivity contribution in [2.75, 3.05) is 36.0 Å². The number of nitrogens with zero attached hydrogens (tertiary/aromatic N) is 5. The lowest BCUT2D eigenvalue weighted by molar-refractivity contribution is -0.124. The zero-order chi connectivity index (χ0) is 30.3. The van der Waals surface area contributed by atoms with Gasteiger partial charge in [0.05, 0.1) is 11.9 Å². The molecule has 0 saturated carbocycles. The van der Waals surface area contributed by atoms with Crippen molar-refractivity contribution in [1.82, 2.24) is 25.6 Å². The molecule has 13 heteroatoms. The van der Waals surface area contributed by atoms with Crippen LogP contribution >= 0.6 is 0 Å². The van der Waals surface area contributed by atoms with Crippen LogP contribution in [-0.4, -0.2) is 69.3 Å². The second-order valence-corrected chi connectivity index (χ2v) is 12.0. The lowest BCUT2D eigenvalue weighted by Crippen LogP contribution is -2.66. The third-order valence-electron chi connectivity index (χ3n) is 8.61. The molecule has 222 valence electrons. The van der Waals surface area contributed by atoms with Crippen molar-refractivity contribution < 1.29 is 23.5 Å². The van der Waals surface area contributed by atoms with E-state index >= 15 is 4.39 Å². The fourth-order valence-electron chi connectivity index (χ4n) is 6.65. The zero-order valence-electron chi connectivity index (χ0n) is 23.7. The molecule has 1 atom stereocenters. The van der Waals surface area contributed by atoms with E-state index in [4.69, 9.17) is 10.7 Å². The molecule has 2 aromatic carbocycles. The minimum absolute atomic E-state index is 0.0129. The van der Waals surface area contributed by atoms with Crippen molar-refractivity contribution in [2.24, 2.45) is 5.73 Å². The average Bonchev–Trinajstić information content (AvgIpc) is 3.22. The van der Waals surface area contributed by atoms with Crippen LogP contribution in [0.15, 0.2) is 30.5 Å². The van der Waals surface area contributed by atoms with Gasteiger partial charge in [-0.05, 0) is 60.7 Å². The Balaban J connectivity index is 1.43. The van der Waals surface area contributed by atoms with Crippen molar-refractivity contribution in [3.8, 4) is 17.0 Å². The number of aromatic nitrogens is 3. The van der Waals surface area contributed by atoms with Gasteiger partial charge in [0.25, 0.3) is 5.91 Å². The minimum atomic E-state index is -1.13. The van der Waals surface area contributed by atoms with E-state index in [1.54, 1.807) is 13.0 Å². The van der Waals surface area contributed by atoms with Crippen LogP contribution in [0.5, 0.6) is 5.75 Å². The van der Waals surface area contributed by atoms with Gasteiger partial charge in [-0.2, -0.15) is 4.98 Å². The van der Waals surface area contributed by atoms with Gasteiger partial charge in [-0.25, -0.2) is 18.6 Å². The lowest BCUT2D eigenvalue weighted by atomic mass is 9.89. The summed E-state index contributed by atoms with van der Waals surface area (Å²) in [5, 5.41) is 16.9. The largest absolute Gasteiger partial charge is 0.508 e. The molecule has 0 bridgehead atoms. The number of anilines is 2. The number of piperidine rings is 1. The molecule has 0 aliphatic carbocycles. The Morgan fingerprint density at radius 2 is 1.91 bits per heavy atom. The van der Waals surface area contributed by atoms with Crippen LogP contribution < -0.4 is 26.2 Å². The average molecular weight is 589 g/mol. The number of nitrogens with two attached hydrogens (primary N) is 1. The zero-order valence-corrected chi connectivity index (χ0v) is 23.7. The normalized spacial score (nSPS) is 21.4. The highest BCUT2D eigenvalue weighted by molar-refractivity contribution is 6.08. The number of amides is 3. The summed E-state index contributed by atoms with van der Waals surface area (Å²) in [6.45, 7) is 5.25. The Bertz CT molecular complexity index is 1860. The fourth-order valence-corrected chi connectivity index (χ4v) is 6.65. The van der Waals surface area contributed by atoms with Crippen molar-refractivity contribution in [3.63, 3.8) is 0 Å². The van der Waals surface area contributed by atoms with E-state index < -0.39 is 34.7 Å². The maximum Gasteiger partial charge on any atom is 0.322 e. The number of pyridine rings is 1. The van der Waals surface area contributed by atoms with Gasteiger partial charge in [0.15, 0.2) is 5.82 Å². The Morgan fingerprint density at radius 3 is 2.60 bits per heavy atom. The molecule has 3 fully saturated rings. The van der Waals surface area contributed by atoms with E-state index in [2.05, 4.69) is 20.6 Å². The summed E-state index contributed by atoms with van der Waals surface area (Å²) in [6, 6.07) is 5.21. The highest BCUT2D eigenvalue weighted by atomic mass is 19.1. The molecule has 3 saturated heterocycles. The number of halogens is 2. The molecule has 3 aliphatic rings. The van der Waals surface area contributed by atoms with Crippen LogP contribution in [-0.2, 0) is 11.2 Å². The first-order valence-electron chi connectivity index (χ1n) is 14.2. The SMILES string of the molecule is CCc1c(F)ccc2cc(O)cc(-c3ncc4c(N5CCCC6(C5)NC(=O)NC6=O)nc(N5CC(C)(N)C5)nc4c3F)c12. The minimum Gasteiger partial charge on any atom is -0.508 e. The van der Waals surface area contributed by atoms with Crippen molar-refractivity contribution in [2.45, 2.75) is 44.2 Å². The summed E-state index contributed by atoms with van der Waals surface area (Å²) in [6.07, 6.45) is 2.84. The number of aryl methyl sites for hydroxylation is 1. The number of aromatic hydroxyl groups is 1. The molecular weight excluding hydrogens is 558 g/mol. The number of nitrogens with one attached hydrogen (secondary N) is 2. The number of carbonyl (C=O) groups excluding carboxylic acids is 2. The highest BCUT2D eigenvalue weighted by Gasteiger charge is 2.49. The second-order valence-electron chi connectivity index (χ2n) is 12.0. The lowest BCUT2D eigenvalue weighted by Gasteiger charge is -2.45. The number of hydrogen-bond acceptors (Lipinski definition) is 9. The molecule has 11 nitrogen and oxygen atoms in total. The molecule has 1 spiro atoms. The van der Waals surface area contributed by atoms with Crippen molar-refractivity contribution in [3.05, 3.63) is 47.7 Å². The Morgan fingerprint density at radius 1 is 1.12 bits per heavy atom. The standard InChI is InChI=1S/C30H30F2N8O3/c1-3-17-20(31)6-5-15-9-16(41)10-18(21(15)17)23-22(32)24-19(11-34-23)25(36-27(35-24)40-12-29(2,33)13-40)39-8-4-7-30(14-39)26(42)37-28(43)38-30/h5-6,9-11,41H,3-4,7-8,12-14,33H2,1-2H3,(H2,37,38,42,43). The third kappa shape index (κ3) is 4.29. The van der Waals surface area contributed by atoms with Crippen LogP contribution in [0.1, 0.15) is 32.3 Å². The molecule has 3 amide bonds. The van der Waals surface area contributed by atoms with E-state index in [1.807, 2.05) is 16.7 Å². The van der Waals surface area contributed by atoms with Crippen molar-refractivity contribution >= 4 is 45.4 Å². The van der Waals surface area contributed by atoms with Gasteiger partial charge < -0.3 is 26.0 Å². The molecule has 4 aromatic rings. The first kappa shape index (κ1) is 27.2. The van der Waals surface area contributed by atoms with Crippen LogP contribution in [0, 0.1) is 11.6 Å². The van der Waals surface area contributed by atoms with Gasteiger partial charge >= 0.3 is 6.03 Å². The molecule has 2 aromatic heterocycles. The summed E-state index contributed by atoms with van der Waals surface area (Å²) < 4.78 is 31.6. The predicted molar refractivity (Wildman–Crippen MR) is 157 cm³/mol. The second kappa shape index (κ2) is 9.43. The van der Waals surface area contributed by atoms with Crippen LogP contribution in [0.25, 0.3) is 32.9 Å². The van der Waals surface area contributed by atoms with Gasteiger partial charge in [0.1, 0.15) is 34.1 Å². The van der Waals surface area contributed by atoms with E-state index in [1.165, 1.54) is 24.4 Å². The number of fused-ring (bicyclic) bond motifs is 2. The highest BCUT2D eigenvalue weighted by Crippen LogP contribution is 2.40. The van der Waals surface area contributed by atoms with Crippen LogP contribution in [0.4, 0.5) is 25.3 Å². The first-order valence-corrected chi connectivity index (χ1v) is 14.2. The van der Waals surface area contributed by atoms with E-state index in [0.717, 1.165) is 0 Å². The van der Waals surface area contributed by atoms with Gasteiger partial charge in [0.2, 0.25) is 5.95 Å². The van der Waals surface area contributed by atoms with Crippen LogP contribution in [0.3, 0.4) is 0 Å². The van der Waals surface area contributed by atoms with Gasteiger partial charge in [-0.1, -0.05) is 13.0 Å². The van der Waals surface area contributed by atoms with E-state index in [0.29, 0.717) is 66.4 Å². The smallest absolute Gasteiger partial charge is 0.322 e. The Kier molecular flexibility index (Phi) is 5.96. The van der Waals surface area contributed by atoms with Gasteiger partial charge in [-0.3, -0.25) is 15.1 Å². The Labute approximate surface area is 245 Å². The fraction of sp³-hybridized carbons (Fsp3) is 0.367. The molecule has 3 aliphatic heterocycles. The molecule has 5 heterocycles. The number of urea groups is 1. The quantitative estimate of drug-likeness (QED) is 0.264. The number of phenolic OH excluding ortho intramolecular Hbond substituents is 1. The summed E-state index contributed by atoms with van der Waals surface area (Å²) in [5.41, 5.74) is 5.19. The molecule has 1 unspecified atom stereocenters. The monoisotopic (exact) mass is 588 g/mol. The number of benzene rings is 2. The molecule has 0 radical (unpaired) electrons. The summed E-state index contributed by atoms with van der Waals surface area (Å²) in [7, 11) is 0. The number of carbonyl (C=O) groups is 2. The predicted octanol–water partition coefficient (Wildman–Crippen LogP) is 3.11. The maximum atomic E-state index is 16.7. The van der Waals surface area contributed by atoms with Gasteiger partial charge in [-0.15, -0.1) is 0 Å². The first-order chi connectivity index (χ1) is 20.5. The number of rotatable bonds is 4. The third-order valence-corrected chi connectivity index (χ3v) is 8.61. The van der Waals surface area contributed by atoms with Crippen LogP contribution in [0.2, 0.25) is 0 Å². The van der Waals surface area contributed by atoms with E-state index in [9.17, 15) is 19.1 Å². The summed E-state index contributed by atoms with van der Waals surface area (Å²) >= 11 is 0. The molecule has 7 rings (SSSR count). The van der Waals surface area contributed by atoms with E-state index in [-0.39, 0.29) is 35.0 Å². The topological polar surface area (TPSA) is 150 Å². The number of phenols is 1. The summed E-state index contributed by atoms with van der Waals surface area (Å²) in [5.74, 6) is -1.07. The van der Waals surface area contributed by atoms with Crippen molar-refractivity contribution in [1.29, 1.82) is 0 Å². The number of hydrogen-bond donors (Lipinski definition) is 4. The Hall–Kier alpha value is -4.65. The molecular formula is C30H30F2N8O3.